The summed E-state index contributed by atoms with van der Waals surface area (Å²) in [6, 6.07) is 12.5. The van der Waals surface area contributed by atoms with Crippen LogP contribution in [-0.2, 0) is 19.5 Å². The summed E-state index contributed by atoms with van der Waals surface area (Å²) in [5, 5.41) is 0. The molecule has 1 heterocycles. The van der Waals surface area contributed by atoms with E-state index in [-0.39, 0.29) is 10.9 Å². The number of ether oxygens (including phenoxy) is 2. The number of carbonyl (C=O) groups excluding carboxylic acids is 2. The Morgan fingerprint density at radius 1 is 0.867 bits per heavy atom. The van der Waals surface area contributed by atoms with Gasteiger partial charge in [-0.15, -0.1) is 0 Å². The van der Waals surface area contributed by atoms with E-state index < -0.39 is 22.0 Å². The van der Waals surface area contributed by atoms with Crippen LogP contribution in [0.15, 0.2) is 53.4 Å². The van der Waals surface area contributed by atoms with Crippen molar-refractivity contribution in [2.75, 3.05) is 38.8 Å². The molecule has 3 rings (SSSR count). The SMILES string of the molecule is COC(=O)c1ccc(N2CCN(S(=O)(=O)c3ccc(C(=O)OC)cc3)C(C)C2)cc1. The molecule has 1 atom stereocenters. The molecule has 2 aromatic rings. The second-order valence-electron chi connectivity index (χ2n) is 6.97. The Morgan fingerprint density at radius 3 is 1.83 bits per heavy atom. The van der Waals surface area contributed by atoms with Crippen LogP contribution in [0.3, 0.4) is 0 Å². The summed E-state index contributed by atoms with van der Waals surface area (Å²) < 4.78 is 37.0. The molecule has 30 heavy (non-hydrogen) atoms. The minimum atomic E-state index is -3.69. The Balaban J connectivity index is 1.72. The molecule has 9 heteroatoms. The number of nitrogens with zero attached hydrogens (tertiary/aromatic N) is 2. The molecule has 1 unspecified atom stereocenters. The van der Waals surface area contributed by atoms with Crippen LogP contribution < -0.4 is 4.90 Å². The highest BCUT2D eigenvalue weighted by atomic mass is 32.2. The zero-order valence-corrected chi connectivity index (χ0v) is 17.9. The van der Waals surface area contributed by atoms with Gasteiger partial charge in [-0.2, -0.15) is 4.31 Å². The number of carbonyl (C=O) groups is 2. The molecular weight excluding hydrogens is 408 g/mol. The van der Waals surface area contributed by atoms with Crippen LogP contribution in [0.5, 0.6) is 0 Å². The standard InChI is InChI=1S/C21H24N2O6S/c1-15-14-22(18-8-4-16(5-9-18)20(24)28-2)12-13-23(15)30(26,27)19-10-6-17(7-11-19)21(25)29-3/h4-11,15H,12-14H2,1-3H3. The maximum atomic E-state index is 13.1. The van der Waals surface area contributed by atoms with Gasteiger partial charge in [0.25, 0.3) is 0 Å². The van der Waals surface area contributed by atoms with Gasteiger partial charge in [-0.3, -0.25) is 0 Å². The average Bonchev–Trinajstić information content (AvgIpc) is 2.77. The molecule has 0 amide bonds. The second-order valence-corrected chi connectivity index (χ2v) is 8.86. The number of methoxy groups -OCH3 is 2. The van der Waals surface area contributed by atoms with E-state index in [2.05, 4.69) is 9.64 Å². The summed E-state index contributed by atoms with van der Waals surface area (Å²) >= 11 is 0. The number of benzene rings is 2. The summed E-state index contributed by atoms with van der Waals surface area (Å²) in [6.07, 6.45) is 0. The fourth-order valence-electron chi connectivity index (χ4n) is 3.47. The highest BCUT2D eigenvalue weighted by Gasteiger charge is 2.34. The first kappa shape index (κ1) is 21.8. The van der Waals surface area contributed by atoms with E-state index >= 15 is 0 Å². The van der Waals surface area contributed by atoms with Gasteiger partial charge < -0.3 is 14.4 Å². The van der Waals surface area contributed by atoms with Gasteiger partial charge in [-0.05, 0) is 55.5 Å². The van der Waals surface area contributed by atoms with Gasteiger partial charge in [0.2, 0.25) is 10.0 Å². The number of hydrogen-bond acceptors (Lipinski definition) is 7. The first-order valence-corrected chi connectivity index (χ1v) is 10.9. The van der Waals surface area contributed by atoms with E-state index in [4.69, 9.17) is 4.74 Å². The Bertz CT molecular complexity index is 1020. The van der Waals surface area contributed by atoms with E-state index in [0.717, 1.165) is 5.69 Å². The lowest BCUT2D eigenvalue weighted by Crippen LogP contribution is -2.54. The van der Waals surface area contributed by atoms with Gasteiger partial charge in [-0.1, -0.05) is 0 Å². The van der Waals surface area contributed by atoms with Crippen LogP contribution in [-0.4, -0.2) is 64.6 Å². The van der Waals surface area contributed by atoms with Crippen LogP contribution in [0, 0.1) is 0 Å². The van der Waals surface area contributed by atoms with Crippen LogP contribution in [0.4, 0.5) is 5.69 Å². The molecule has 0 bridgehead atoms. The predicted molar refractivity (Wildman–Crippen MR) is 111 cm³/mol. The smallest absolute Gasteiger partial charge is 0.337 e. The van der Waals surface area contributed by atoms with Crippen LogP contribution in [0.1, 0.15) is 27.6 Å². The normalized spacial score (nSPS) is 17.4. The molecule has 0 radical (unpaired) electrons. The van der Waals surface area contributed by atoms with Gasteiger partial charge >= 0.3 is 11.9 Å². The molecule has 1 fully saturated rings. The van der Waals surface area contributed by atoms with Gasteiger partial charge in [0.05, 0.1) is 30.2 Å². The van der Waals surface area contributed by atoms with Crippen molar-refractivity contribution >= 4 is 27.6 Å². The molecule has 0 spiro atoms. The second kappa shape index (κ2) is 8.85. The summed E-state index contributed by atoms with van der Waals surface area (Å²) in [6.45, 7) is 3.20. The van der Waals surface area contributed by atoms with Crippen molar-refractivity contribution in [3.63, 3.8) is 0 Å². The van der Waals surface area contributed by atoms with Crippen LogP contribution in [0.2, 0.25) is 0 Å². The van der Waals surface area contributed by atoms with Crippen molar-refractivity contribution in [1.82, 2.24) is 4.31 Å². The molecule has 8 nitrogen and oxygen atoms in total. The molecule has 0 N–H and O–H groups in total. The molecule has 0 aliphatic carbocycles. The van der Waals surface area contributed by atoms with Crippen molar-refractivity contribution in [1.29, 1.82) is 0 Å². The van der Waals surface area contributed by atoms with Crippen molar-refractivity contribution < 1.29 is 27.5 Å². The highest BCUT2D eigenvalue weighted by Crippen LogP contribution is 2.25. The number of rotatable bonds is 5. The summed E-state index contributed by atoms with van der Waals surface area (Å²) in [5.41, 5.74) is 1.67. The quantitative estimate of drug-likeness (QED) is 0.669. The molecule has 2 aromatic carbocycles. The molecule has 1 aliphatic heterocycles. The molecule has 160 valence electrons. The lowest BCUT2D eigenvalue weighted by molar-refractivity contribution is 0.0592. The largest absolute Gasteiger partial charge is 0.465 e. The fourth-order valence-corrected chi connectivity index (χ4v) is 5.09. The maximum absolute atomic E-state index is 13.1. The first-order chi connectivity index (χ1) is 14.3. The first-order valence-electron chi connectivity index (χ1n) is 9.41. The summed E-state index contributed by atoms with van der Waals surface area (Å²) in [5.74, 6) is -0.914. The van der Waals surface area contributed by atoms with E-state index in [9.17, 15) is 18.0 Å². The van der Waals surface area contributed by atoms with E-state index in [1.165, 1.54) is 42.8 Å². The van der Waals surface area contributed by atoms with Crippen molar-refractivity contribution in [3.8, 4) is 0 Å². The maximum Gasteiger partial charge on any atom is 0.337 e. The Labute approximate surface area is 176 Å². The average molecular weight is 432 g/mol. The number of esters is 2. The highest BCUT2D eigenvalue weighted by molar-refractivity contribution is 7.89. The number of sulfonamides is 1. The molecule has 1 saturated heterocycles. The third-order valence-corrected chi connectivity index (χ3v) is 7.13. The Kier molecular flexibility index (Phi) is 6.42. The Morgan fingerprint density at radius 2 is 1.37 bits per heavy atom. The molecule has 0 aromatic heterocycles. The zero-order chi connectivity index (χ0) is 21.9. The van der Waals surface area contributed by atoms with E-state index in [1.54, 1.807) is 12.1 Å². The number of hydrogen-bond donors (Lipinski definition) is 0. The van der Waals surface area contributed by atoms with E-state index in [1.807, 2.05) is 19.1 Å². The molecular formula is C21H24N2O6S. The lowest BCUT2D eigenvalue weighted by atomic mass is 10.1. The van der Waals surface area contributed by atoms with Gasteiger partial charge in [-0.25, -0.2) is 18.0 Å². The predicted octanol–water partition coefficient (Wildman–Crippen LogP) is 2.16. The third-order valence-electron chi connectivity index (χ3n) is 5.10. The summed E-state index contributed by atoms with van der Waals surface area (Å²) in [7, 11) is -1.09. The van der Waals surface area contributed by atoms with Crippen LogP contribution >= 0.6 is 0 Å². The van der Waals surface area contributed by atoms with Crippen molar-refractivity contribution in [3.05, 3.63) is 59.7 Å². The van der Waals surface area contributed by atoms with Crippen molar-refractivity contribution in [2.45, 2.75) is 17.9 Å². The lowest BCUT2D eigenvalue weighted by Gasteiger charge is -2.40. The minimum Gasteiger partial charge on any atom is -0.465 e. The third kappa shape index (κ3) is 4.31. The minimum absolute atomic E-state index is 0.137. The zero-order valence-electron chi connectivity index (χ0n) is 17.1. The summed E-state index contributed by atoms with van der Waals surface area (Å²) in [4.78, 5) is 25.4. The van der Waals surface area contributed by atoms with Gasteiger partial charge in [0.15, 0.2) is 0 Å². The molecule has 1 aliphatic rings. The topological polar surface area (TPSA) is 93.2 Å². The molecule has 0 saturated carbocycles. The number of anilines is 1. The number of piperazine rings is 1. The van der Waals surface area contributed by atoms with Crippen LogP contribution in [0.25, 0.3) is 0 Å². The van der Waals surface area contributed by atoms with E-state index in [0.29, 0.717) is 30.8 Å². The fraction of sp³-hybridized carbons (Fsp3) is 0.333. The van der Waals surface area contributed by atoms with Gasteiger partial charge in [0.1, 0.15) is 0 Å². The van der Waals surface area contributed by atoms with Crippen molar-refractivity contribution in [2.24, 2.45) is 0 Å². The Hall–Kier alpha value is -2.91. The monoisotopic (exact) mass is 432 g/mol. The van der Waals surface area contributed by atoms with Gasteiger partial charge in [0, 0.05) is 31.4 Å².